The SMILES string of the molecule is Cc1cc(CN2C(=O)CN(c3cccc(F)c3)C2=O)cc(C)c1OC(C)(C)C(=O)O. The summed E-state index contributed by atoms with van der Waals surface area (Å²) in [6.07, 6.45) is 0. The van der Waals surface area contributed by atoms with E-state index in [1.54, 1.807) is 32.0 Å². The van der Waals surface area contributed by atoms with Crippen molar-refractivity contribution in [2.24, 2.45) is 0 Å². The number of carboxylic acids is 1. The standard InChI is InChI=1S/C22H23FN2O5/c1-13-8-15(9-14(2)19(13)30-22(3,4)20(27)28)11-25-18(26)12-24(21(25)29)17-7-5-6-16(23)10-17/h5-10H,11-12H2,1-4H3,(H,27,28). The highest BCUT2D eigenvalue weighted by molar-refractivity contribution is 6.12. The first-order valence-electron chi connectivity index (χ1n) is 9.39. The van der Waals surface area contributed by atoms with Gasteiger partial charge in [-0.3, -0.25) is 14.6 Å². The van der Waals surface area contributed by atoms with Gasteiger partial charge in [-0.2, -0.15) is 0 Å². The first-order chi connectivity index (χ1) is 14.0. The molecule has 3 amide bonds. The van der Waals surface area contributed by atoms with Gasteiger partial charge in [-0.05, 0) is 62.6 Å². The quantitative estimate of drug-likeness (QED) is 0.729. The van der Waals surface area contributed by atoms with E-state index in [1.807, 2.05) is 0 Å². The minimum absolute atomic E-state index is 0.0494. The summed E-state index contributed by atoms with van der Waals surface area (Å²) >= 11 is 0. The first-order valence-corrected chi connectivity index (χ1v) is 9.39. The van der Waals surface area contributed by atoms with Crippen LogP contribution in [0.2, 0.25) is 0 Å². The number of benzene rings is 2. The van der Waals surface area contributed by atoms with Crippen LogP contribution in [0, 0.1) is 19.7 Å². The second-order valence-corrected chi connectivity index (χ2v) is 7.80. The van der Waals surface area contributed by atoms with Gasteiger partial charge in [0, 0.05) is 5.69 Å². The van der Waals surface area contributed by atoms with E-state index in [0.29, 0.717) is 28.1 Å². The molecule has 0 atom stereocenters. The van der Waals surface area contributed by atoms with Gasteiger partial charge in [0.2, 0.25) is 0 Å². The summed E-state index contributed by atoms with van der Waals surface area (Å²) in [5, 5.41) is 9.29. The van der Waals surface area contributed by atoms with Crippen LogP contribution in [0.5, 0.6) is 5.75 Å². The second-order valence-electron chi connectivity index (χ2n) is 7.80. The van der Waals surface area contributed by atoms with Crippen molar-refractivity contribution in [3.05, 3.63) is 58.9 Å². The van der Waals surface area contributed by atoms with Crippen molar-refractivity contribution in [1.82, 2.24) is 4.90 Å². The van der Waals surface area contributed by atoms with Crippen LogP contribution in [0.15, 0.2) is 36.4 Å². The number of carboxylic acid groups (broad SMARTS) is 1. The van der Waals surface area contributed by atoms with E-state index >= 15 is 0 Å². The monoisotopic (exact) mass is 414 g/mol. The van der Waals surface area contributed by atoms with Gasteiger partial charge < -0.3 is 9.84 Å². The third-order valence-corrected chi connectivity index (χ3v) is 4.91. The third-order valence-electron chi connectivity index (χ3n) is 4.91. The number of aliphatic carboxylic acids is 1. The van der Waals surface area contributed by atoms with Crippen LogP contribution in [0.1, 0.15) is 30.5 Å². The van der Waals surface area contributed by atoms with Gasteiger partial charge in [-0.1, -0.05) is 18.2 Å². The molecule has 1 N–H and O–H groups in total. The number of halogens is 1. The molecule has 1 aliphatic rings. The third kappa shape index (κ3) is 4.12. The van der Waals surface area contributed by atoms with Crippen LogP contribution >= 0.6 is 0 Å². The number of amides is 3. The van der Waals surface area contributed by atoms with E-state index < -0.39 is 23.4 Å². The maximum atomic E-state index is 13.5. The van der Waals surface area contributed by atoms with E-state index in [1.165, 1.54) is 36.9 Å². The van der Waals surface area contributed by atoms with Gasteiger partial charge in [0.15, 0.2) is 5.60 Å². The molecule has 0 spiro atoms. The molecule has 0 bridgehead atoms. The number of imide groups is 1. The van der Waals surface area contributed by atoms with Crippen molar-refractivity contribution in [3.63, 3.8) is 0 Å². The number of carbonyl (C=O) groups excluding carboxylic acids is 2. The number of hydrogen-bond donors (Lipinski definition) is 1. The van der Waals surface area contributed by atoms with Gasteiger partial charge in [-0.25, -0.2) is 14.0 Å². The summed E-state index contributed by atoms with van der Waals surface area (Å²) in [5.41, 5.74) is 1.01. The number of rotatable bonds is 6. The molecule has 0 unspecified atom stereocenters. The molecule has 1 heterocycles. The zero-order valence-corrected chi connectivity index (χ0v) is 17.2. The number of nitrogens with zero attached hydrogens (tertiary/aromatic N) is 2. The highest BCUT2D eigenvalue weighted by atomic mass is 19.1. The number of hydrogen-bond acceptors (Lipinski definition) is 4. The average molecular weight is 414 g/mol. The Kier molecular flexibility index (Phi) is 5.52. The lowest BCUT2D eigenvalue weighted by Crippen LogP contribution is -2.38. The lowest BCUT2D eigenvalue weighted by atomic mass is 10.0. The second kappa shape index (κ2) is 7.78. The number of aryl methyl sites for hydroxylation is 2. The Morgan fingerprint density at radius 2 is 1.80 bits per heavy atom. The van der Waals surface area contributed by atoms with Gasteiger partial charge >= 0.3 is 12.0 Å². The number of urea groups is 1. The summed E-state index contributed by atoms with van der Waals surface area (Å²) in [6.45, 7) is 6.37. The number of carbonyl (C=O) groups is 3. The van der Waals surface area contributed by atoms with Crippen molar-refractivity contribution in [1.29, 1.82) is 0 Å². The normalized spacial score (nSPS) is 14.4. The number of ether oxygens (including phenoxy) is 1. The Morgan fingerprint density at radius 1 is 1.17 bits per heavy atom. The van der Waals surface area contributed by atoms with Gasteiger partial charge in [0.05, 0.1) is 6.54 Å². The predicted molar refractivity (Wildman–Crippen MR) is 108 cm³/mol. The van der Waals surface area contributed by atoms with Crippen molar-refractivity contribution in [3.8, 4) is 5.75 Å². The van der Waals surface area contributed by atoms with E-state index in [4.69, 9.17) is 4.74 Å². The molecule has 158 valence electrons. The fourth-order valence-corrected chi connectivity index (χ4v) is 3.32. The summed E-state index contributed by atoms with van der Waals surface area (Å²) in [4.78, 5) is 38.9. The van der Waals surface area contributed by atoms with Gasteiger partial charge in [0.25, 0.3) is 5.91 Å². The summed E-state index contributed by atoms with van der Waals surface area (Å²) < 4.78 is 19.2. The Hall–Kier alpha value is -3.42. The van der Waals surface area contributed by atoms with Crippen LogP contribution in [0.25, 0.3) is 0 Å². The van der Waals surface area contributed by atoms with Crippen LogP contribution in [0.4, 0.5) is 14.9 Å². The van der Waals surface area contributed by atoms with Gasteiger partial charge in [0.1, 0.15) is 18.1 Å². The molecule has 30 heavy (non-hydrogen) atoms. The molecule has 0 saturated carbocycles. The minimum Gasteiger partial charge on any atom is -0.478 e. The maximum absolute atomic E-state index is 13.5. The summed E-state index contributed by atoms with van der Waals surface area (Å²) in [5.74, 6) is -1.51. The lowest BCUT2D eigenvalue weighted by molar-refractivity contribution is -0.152. The molecule has 7 nitrogen and oxygen atoms in total. The van der Waals surface area contributed by atoms with E-state index in [2.05, 4.69) is 0 Å². The van der Waals surface area contributed by atoms with E-state index in [9.17, 15) is 23.9 Å². The lowest BCUT2D eigenvalue weighted by Gasteiger charge is -2.25. The predicted octanol–water partition coefficient (Wildman–Crippen LogP) is 3.65. The molecule has 0 radical (unpaired) electrons. The Bertz CT molecular complexity index is 1010. The van der Waals surface area contributed by atoms with Crippen molar-refractivity contribution in [2.45, 2.75) is 39.8 Å². The minimum atomic E-state index is -1.40. The van der Waals surface area contributed by atoms with Gasteiger partial charge in [-0.15, -0.1) is 0 Å². The molecule has 0 aliphatic carbocycles. The molecule has 1 aliphatic heterocycles. The Labute approximate surface area is 173 Å². The van der Waals surface area contributed by atoms with E-state index in [-0.39, 0.29) is 19.0 Å². The molecule has 2 aromatic rings. The highest BCUT2D eigenvalue weighted by Crippen LogP contribution is 2.30. The number of anilines is 1. The Morgan fingerprint density at radius 3 is 2.37 bits per heavy atom. The molecule has 0 aromatic heterocycles. The molecule has 1 fully saturated rings. The van der Waals surface area contributed by atoms with Crippen molar-refractivity contribution < 1.29 is 28.6 Å². The molecule has 3 rings (SSSR count). The summed E-state index contributed by atoms with van der Waals surface area (Å²) in [6, 6.07) is 8.52. The maximum Gasteiger partial charge on any atom is 0.347 e. The topological polar surface area (TPSA) is 87.2 Å². The highest BCUT2D eigenvalue weighted by Gasteiger charge is 2.37. The molecule has 2 aromatic carbocycles. The summed E-state index contributed by atoms with van der Waals surface area (Å²) in [7, 11) is 0. The van der Waals surface area contributed by atoms with E-state index in [0.717, 1.165) is 4.90 Å². The average Bonchev–Trinajstić information content (AvgIpc) is 2.93. The zero-order valence-electron chi connectivity index (χ0n) is 17.2. The molecule has 8 heteroatoms. The fraction of sp³-hybridized carbons (Fsp3) is 0.318. The molecular formula is C22H23FN2O5. The van der Waals surface area contributed by atoms with Crippen LogP contribution in [-0.4, -0.2) is 40.1 Å². The largest absolute Gasteiger partial charge is 0.478 e. The Balaban J connectivity index is 1.82. The first kappa shape index (κ1) is 21.3. The van der Waals surface area contributed by atoms with Crippen LogP contribution in [0.3, 0.4) is 0 Å². The fourth-order valence-electron chi connectivity index (χ4n) is 3.32. The van der Waals surface area contributed by atoms with Crippen LogP contribution < -0.4 is 9.64 Å². The molecule has 1 saturated heterocycles. The van der Waals surface area contributed by atoms with Crippen molar-refractivity contribution in [2.75, 3.05) is 11.4 Å². The van der Waals surface area contributed by atoms with Crippen LogP contribution in [-0.2, 0) is 16.1 Å². The zero-order chi connectivity index (χ0) is 22.2. The molecular weight excluding hydrogens is 391 g/mol. The van der Waals surface area contributed by atoms with Crippen molar-refractivity contribution >= 4 is 23.6 Å². The smallest absolute Gasteiger partial charge is 0.347 e.